The van der Waals surface area contributed by atoms with Gasteiger partial charge in [0.2, 0.25) is 10.0 Å². The number of hydrogen-bond acceptors (Lipinski definition) is 4. The molecule has 8 heteroatoms. The van der Waals surface area contributed by atoms with Crippen molar-refractivity contribution in [2.45, 2.75) is 11.8 Å². The molecule has 0 atom stereocenters. The number of carboxylic acid groups (broad SMARTS) is 1. The second-order valence-electron chi connectivity index (χ2n) is 3.67. The molecule has 106 valence electrons. The number of carbonyl (C=O) groups is 1. The average molecular weight is 308 g/mol. The van der Waals surface area contributed by atoms with Gasteiger partial charge in [-0.3, -0.25) is 0 Å². The van der Waals surface area contributed by atoms with Gasteiger partial charge in [-0.25, -0.2) is 13.2 Å². The second-order valence-corrected chi connectivity index (χ2v) is 6.01. The van der Waals surface area contributed by atoms with Gasteiger partial charge in [0.15, 0.2) is 0 Å². The fourth-order valence-corrected chi connectivity index (χ4v) is 3.20. The first kappa shape index (κ1) is 15.9. The van der Waals surface area contributed by atoms with E-state index in [1.807, 2.05) is 0 Å². The van der Waals surface area contributed by atoms with Gasteiger partial charge in [0.05, 0.1) is 22.1 Å². The Bertz CT molecular complexity index is 572. The largest absolute Gasteiger partial charge is 0.478 e. The Morgan fingerprint density at radius 2 is 2.05 bits per heavy atom. The summed E-state index contributed by atoms with van der Waals surface area (Å²) in [7, 11) is -3.83. The van der Waals surface area contributed by atoms with Gasteiger partial charge in [0.25, 0.3) is 0 Å². The fourth-order valence-electron chi connectivity index (χ4n) is 1.54. The molecule has 0 radical (unpaired) electrons. The van der Waals surface area contributed by atoms with Gasteiger partial charge in [-0.1, -0.05) is 18.5 Å². The third-order valence-electron chi connectivity index (χ3n) is 2.51. The van der Waals surface area contributed by atoms with E-state index >= 15 is 0 Å². The highest BCUT2D eigenvalue weighted by atomic mass is 35.5. The number of aliphatic hydroxyl groups is 1. The van der Waals surface area contributed by atoms with E-state index in [0.29, 0.717) is 0 Å². The maximum Gasteiger partial charge on any atom is 0.337 e. The Morgan fingerprint density at radius 1 is 1.42 bits per heavy atom. The molecule has 19 heavy (non-hydrogen) atoms. The van der Waals surface area contributed by atoms with Crippen LogP contribution in [-0.4, -0.2) is 48.6 Å². The molecule has 0 aliphatic carbocycles. The van der Waals surface area contributed by atoms with E-state index in [0.717, 1.165) is 10.4 Å². The zero-order chi connectivity index (χ0) is 14.6. The molecule has 0 spiro atoms. The molecule has 0 amide bonds. The van der Waals surface area contributed by atoms with E-state index in [9.17, 15) is 13.2 Å². The number of likely N-dealkylation sites (N-methyl/N-ethyl adjacent to an activating group) is 1. The van der Waals surface area contributed by atoms with E-state index in [-0.39, 0.29) is 35.2 Å². The minimum atomic E-state index is -3.83. The summed E-state index contributed by atoms with van der Waals surface area (Å²) in [6.07, 6.45) is 0. The molecule has 1 aromatic carbocycles. The molecule has 6 nitrogen and oxygen atoms in total. The highest BCUT2D eigenvalue weighted by Crippen LogP contribution is 2.22. The number of aromatic carboxylic acids is 1. The van der Waals surface area contributed by atoms with Crippen molar-refractivity contribution in [1.29, 1.82) is 0 Å². The van der Waals surface area contributed by atoms with Crippen molar-refractivity contribution in [3.05, 3.63) is 28.8 Å². The molecule has 0 heterocycles. The first-order valence-electron chi connectivity index (χ1n) is 5.48. The van der Waals surface area contributed by atoms with Gasteiger partial charge in [0, 0.05) is 13.1 Å². The molecule has 1 rings (SSSR count). The summed E-state index contributed by atoms with van der Waals surface area (Å²) in [5, 5.41) is 17.7. The highest BCUT2D eigenvalue weighted by molar-refractivity contribution is 7.89. The monoisotopic (exact) mass is 307 g/mol. The van der Waals surface area contributed by atoms with Crippen LogP contribution in [0.1, 0.15) is 17.3 Å². The van der Waals surface area contributed by atoms with Crippen LogP contribution in [0.15, 0.2) is 23.1 Å². The highest BCUT2D eigenvalue weighted by Gasteiger charge is 2.24. The van der Waals surface area contributed by atoms with Crippen LogP contribution in [0.3, 0.4) is 0 Å². The Kier molecular flexibility index (Phi) is 5.30. The summed E-state index contributed by atoms with van der Waals surface area (Å²) in [5.74, 6) is -1.30. The summed E-state index contributed by atoms with van der Waals surface area (Å²) in [6, 6.07) is 3.48. The fraction of sp³-hybridized carbons (Fsp3) is 0.364. The standard InChI is InChI=1S/C11H14ClNO5S/c1-2-13(5-6-14)19(17,18)8-3-4-10(12)9(7-8)11(15)16/h3-4,7,14H,2,5-6H2,1H3,(H,15,16). The van der Waals surface area contributed by atoms with E-state index in [4.69, 9.17) is 21.8 Å². The van der Waals surface area contributed by atoms with Crippen LogP contribution in [-0.2, 0) is 10.0 Å². The molecule has 0 aliphatic heterocycles. The summed E-state index contributed by atoms with van der Waals surface area (Å²) in [5.41, 5.74) is -0.275. The number of rotatable bonds is 6. The van der Waals surface area contributed by atoms with Crippen LogP contribution in [0, 0.1) is 0 Å². The lowest BCUT2D eigenvalue weighted by atomic mass is 10.2. The number of benzene rings is 1. The number of nitrogens with zero attached hydrogens (tertiary/aromatic N) is 1. The van der Waals surface area contributed by atoms with Crippen molar-refractivity contribution in [3.63, 3.8) is 0 Å². The van der Waals surface area contributed by atoms with Crippen LogP contribution in [0.4, 0.5) is 0 Å². The second kappa shape index (κ2) is 6.33. The summed E-state index contributed by atoms with van der Waals surface area (Å²) in [4.78, 5) is 10.8. The smallest absolute Gasteiger partial charge is 0.337 e. The third kappa shape index (κ3) is 3.44. The maximum atomic E-state index is 12.2. The normalized spacial score (nSPS) is 11.8. The topological polar surface area (TPSA) is 94.9 Å². The number of aliphatic hydroxyl groups excluding tert-OH is 1. The molecule has 0 unspecified atom stereocenters. The van der Waals surface area contributed by atoms with Crippen molar-refractivity contribution < 1.29 is 23.4 Å². The van der Waals surface area contributed by atoms with Crippen molar-refractivity contribution in [3.8, 4) is 0 Å². The molecule has 0 bridgehead atoms. The predicted octanol–water partition coefficient (Wildman–Crippen LogP) is 1.04. The van der Waals surface area contributed by atoms with Gasteiger partial charge in [-0.15, -0.1) is 0 Å². The molecule has 2 N–H and O–H groups in total. The van der Waals surface area contributed by atoms with Crippen molar-refractivity contribution in [1.82, 2.24) is 4.31 Å². The minimum absolute atomic E-state index is 0.0309. The average Bonchev–Trinajstić information content (AvgIpc) is 2.35. The SMILES string of the molecule is CCN(CCO)S(=O)(=O)c1ccc(Cl)c(C(=O)O)c1. The molecular formula is C11H14ClNO5S. The van der Waals surface area contributed by atoms with Crippen molar-refractivity contribution in [2.75, 3.05) is 19.7 Å². The third-order valence-corrected chi connectivity index (χ3v) is 4.81. The molecule has 0 saturated heterocycles. The Hall–Kier alpha value is -1.15. The zero-order valence-corrected chi connectivity index (χ0v) is 11.8. The van der Waals surface area contributed by atoms with Gasteiger partial charge in [-0.2, -0.15) is 4.31 Å². The zero-order valence-electron chi connectivity index (χ0n) is 10.2. The number of halogens is 1. The minimum Gasteiger partial charge on any atom is -0.478 e. The van der Waals surface area contributed by atoms with Gasteiger partial charge < -0.3 is 10.2 Å². The van der Waals surface area contributed by atoms with E-state index in [2.05, 4.69) is 0 Å². The maximum absolute atomic E-state index is 12.2. The number of hydrogen-bond donors (Lipinski definition) is 2. The molecule has 0 aliphatic rings. The lowest BCUT2D eigenvalue weighted by Crippen LogP contribution is -2.33. The van der Waals surface area contributed by atoms with E-state index in [1.54, 1.807) is 6.92 Å². The van der Waals surface area contributed by atoms with E-state index in [1.165, 1.54) is 12.1 Å². The van der Waals surface area contributed by atoms with Gasteiger partial charge >= 0.3 is 5.97 Å². The first-order chi connectivity index (χ1) is 8.84. The van der Waals surface area contributed by atoms with Crippen LogP contribution >= 0.6 is 11.6 Å². The van der Waals surface area contributed by atoms with Gasteiger partial charge in [0.1, 0.15) is 0 Å². The summed E-state index contributed by atoms with van der Waals surface area (Å²) >= 11 is 5.69. The number of carboxylic acids is 1. The number of sulfonamides is 1. The van der Waals surface area contributed by atoms with Crippen LogP contribution < -0.4 is 0 Å². The molecular weight excluding hydrogens is 294 g/mol. The Labute approximate surface area is 116 Å². The van der Waals surface area contributed by atoms with Crippen molar-refractivity contribution in [2.24, 2.45) is 0 Å². The Morgan fingerprint density at radius 3 is 2.53 bits per heavy atom. The predicted molar refractivity (Wildman–Crippen MR) is 69.9 cm³/mol. The molecule has 0 saturated carbocycles. The molecule has 0 aromatic heterocycles. The van der Waals surface area contributed by atoms with Gasteiger partial charge in [-0.05, 0) is 18.2 Å². The summed E-state index contributed by atoms with van der Waals surface area (Å²) < 4.78 is 25.5. The van der Waals surface area contributed by atoms with Crippen molar-refractivity contribution >= 4 is 27.6 Å². The molecule has 1 aromatic rings. The Balaban J connectivity index is 3.29. The van der Waals surface area contributed by atoms with Crippen LogP contribution in [0.5, 0.6) is 0 Å². The lowest BCUT2D eigenvalue weighted by Gasteiger charge is -2.19. The summed E-state index contributed by atoms with van der Waals surface area (Å²) in [6.45, 7) is 1.44. The molecule has 0 fully saturated rings. The van der Waals surface area contributed by atoms with E-state index < -0.39 is 16.0 Å². The first-order valence-corrected chi connectivity index (χ1v) is 7.30. The van der Waals surface area contributed by atoms with Crippen LogP contribution in [0.25, 0.3) is 0 Å². The lowest BCUT2D eigenvalue weighted by molar-refractivity contribution is 0.0697. The quantitative estimate of drug-likeness (QED) is 0.819. The van der Waals surface area contributed by atoms with Crippen LogP contribution in [0.2, 0.25) is 5.02 Å².